The molecule has 0 atom stereocenters. The summed E-state index contributed by atoms with van der Waals surface area (Å²) in [6.45, 7) is 2.03. The fraction of sp³-hybridized carbons (Fsp3) is 0.133. The highest BCUT2D eigenvalue weighted by molar-refractivity contribution is 6.04. The highest BCUT2D eigenvalue weighted by atomic mass is 16.6. The lowest BCUT2D eigenvalue weighted by atomic mass is 10.1. The second-order valence-electron chi connectivity index (χ2n) is 4.32. The molecule has 2 aromatic carbocycles. The average molecular weight is 270 g/mol. The van der Waals surface area contributed by atoms with Crippen LogP contribution < -0.4 is 5.32 Å². The third-order valence-electron chi connectivity index (χ3n) is 2.91. The van der Waals surface area contributed by atoms with Gasteiger partial charge in [-0.3, -0.25) is 14.9 Å². The van der Waals surface area contributed by atoms with Crippen LogP contribution in [0.3, 0.4) is 0 Å². The maximum absolute atomic E-state index is 12.1. The average Bonchev–Trinajstić information content (AvgIpc) is 2.47. The van der Waals surface area contributed by atoms with Gasteiger partial charge in [0.2, 0.25) is 0 Å². The maximum Gasteiger partial charge on any atom is 0.270 e. The van der Waals surface area contributed by atoms with Crippen molar-refractivity contribution in [2.75, 3.05) is 5.32 Å². The number of carbonyl (C=O) groups excluding carboxylic acids is 1. The number of nitro benzene ring substituents is 1. The second kappa shape index (κ2) is 5.97. The molecular weight excluding hydrogens is 256 g/mol. The van der Waals surface area contributed by atoms with Crippen LogP contribution in [0.2, 0.25) is 0 Å². The first-order valence-electron chi connectivity index (χ1n) is 6.25. The minimum atomic E-state index is -0.519. The number of nitrogens with one attached hydrogen (secondary N) is 1. The van der Waals surface area contributed by atoms with Crippen LogP contribution in [-0.4, -0.2) is 10.8 Å². The van der Waals surface area contributed by atoms with Gasteiger partial charge < -0.3 is 5.32 Å². The molecule has 0 radical (unpaired) electrons. The van der Waals surface area contributed by atoms with Crippen molar-refractivity contribution in [2.24, 2.45) is 0 Å². The van der Waals surface area contributed by atoms with E-state index in [-0.39, 0.29) is 17.2 Å². The first-order valence-corrected chi connectivity index (χ1v) is 6.25. The molecule has 102 valence electrons. The van der Waals surface area contributed by atoms with E-state index in [0.717, 1.165) is 12.0 Å². The van der Waals surface area contributed by atoms with Gasteiger partial charge in [-0.05, 0) is 30.2 Å². The van der Waals surface area contributed by atoms with Crippen LogP contribution in [0.15, 0.2) is 48.5 Å². The number of nitro groups is 1. The number of amides is 1. The number of non-ortho nitro benzene ring substituents is 1. The summed E-state index contributed by atoms with van der Waals surface area (Å²) in [5.74, 6) is -0.359. The topological polar surface area (TPSA) is 72.2 Å². The Labute approximate surface area is 116 Å². The summed E-state index contributed by atoms with van der Waals surface area (Å²) in [7, 11) is 0. The van der Waals surface area contributed by atoms with Crippen LogP contribution in [-0.2, 0) is 6.42 Å². The fourth-order valence-electron chi connectivity index (χ4n) is 1.83. The Balaban J connectivity index is 2.19. The Morgan fingerprint density at radius 1 is 1.20 bits per heavy atom. The third-order valence-corrected chi connectivity index (χ3v) is 2.91. The van der Waals surface area contributed by atoms with Gasteiger partial charge in [0.05, 0.1) is 4.92 Å². The Hall–Kier alpha value is -2.69. The highest BCUT2D eigenvalue weighted by Crippen LogP contribution is 2.16. The van der Waals surface area contributed by atoms with Gasteiger partial charge in [-0.15, -0.1) is 0 Å². The highest BCUT2D eigenvalue weighted by Gasteiger charge is 2.11. The predicted octanol–water partition coefficient (Wildman–Crippen LogP) is 3.41. The zero-order valence-electron chi connectivity index (χ0n) is 11.0. The number of aryl methyl sites for hydroxylation is 1. The van der Waals surface area contributed by atoms with Crippen LogP contribution in [0.4, 0.5) is 11.4 Å². The lowest BCUT2D eigenvalue weighted by molar-refractivity contribution is -0.384. The maximum atomic E-state index is 12.1. The first-order chi connectivity index (χ1) is 9.60. The van der Waals surface area contributed by atoms with Crippen LogP contribution in [0.1, 0.15) is 22.8 Å². The molecule has 2 rings (SSSR count). The molecule has 0 heterocycles. The summed E-state index contributed by atoms with van der Waals surface area (Å²) in [5, 5.41) is 13.4. The van der Waals surface area contributed by atoms with Gasteiger partial charge in [0.1, 0.15) is 0 Å². The molecule has 0 aliphatic rings. The van der Waals surface area contributed by atoms with Crippen molar-refractivity contribution >= 4 is 17.3 Å². The van der Waals surface area contributed by atoms with Gasteiger partial charge in [0.15, 0.2) is 0 Å². The minimum absolute atomic E-state index is 0.0973. The summed E-state index contributed by atoms with van der Waals surface area (Å²) >= 11 is 0. The summed E-state index contributed by atoms with van der Waals surface area (Å²) < 4.78 is 0. The van der Waals surface area contributed by atoms with E-state index in [2.05, 4.69) is 5.32 Å². The molecule has 0 spiro atoms. The number of benzene rings is 2. The molecule has 0 aliphatic heterocycles. The van der Waals surface area contributed by atoms with E-state index in [1.54, 1.807) is 12.1 Å². The van der Waals surface area contributed by atoms with E-state index < -0.39 is 4.92 Å². The van der Waals surface area contributed by atoms with Gasteiger partial charge in [-0.2, -0.15) is 0 Å². The van der Waals surface area contributed by atoms with Crippen molar-refractivity contribution < 1.29 is 9.72 Å². The van der Waals surface area contributed by atoms with Crippen LogP contribution in [0.25, 0.3) is 0 Å². The van der Waals surface area contributed by atoms with E-state index in [0.29, 0.717) is 5.69 Å². The molecule has 1 N–H and O–H groups in total. The number of hydrogen-bond acceptors (Lipinski definition) is 3. The number of anilines is 1. The smallest absolute Gasteiger partial charge is 0.270 e. The van der Waals surface area contributed by atoms with E-state index in [4.69, 9.17) is 0 Å². The quantitative estimate of drug-likeness (QED) is 0.683. The molecule has 0 saturated carbocycles. The standard InChI is InChI=1S/C15H14N2O3/c1-2-11-5-3-7-13(9-11)16-15(18)12-6-4-8-14(10-12)17(19)20/h3-10H,2H2,1H3,(H,16,18). The van der Waals surface area contributed by atoms with Crippen LogP contribution >= 0.6 is 0 Å². The van der Waals surface area contributed by atoms with Crippen LogP contribution in [0, 0.1) is 10.1 Å². The lowest BCUT2D eigenvalue weighted by Crippen LogP contribution is -2.12. The lowest BCUT2D eigenvalue weighted by Gasteiger charge is -2.06. The Bertz CT molecular complexity index is 653. The van der Waals surface area contributed by atoms with Crippen LogP contribution in [0.5, 0.6) is 0 Å². The zero-order chi connectivity index (χ0) is 14.5. The number of carbonyl (C=O) groups is 1. The number of hydrogen-bond donors (Lipinski definition) is 1. The van der Waals surface area contributed by atoms with Gasteiger partial charge in [0.25, 0.3) is 11.6 Å². The molecule has 0 saturated heterocycles. The van der Waals surface area contributed by atoms with E-state index in [1.807, 2.05) is 25.1 Å². The Morgan fingerprint density at radius 3 is 2.65 bits per heavy atom. The second-order valence-corrected chi connectivity index (χ2v) is 4.32. The van der Waals surface area contributed by atoms with Crippen molar-refractivity contribution in [3.63, 3.8) is 0 Å². The summed E-state index contributed by atoms with van der Waals surface area (Å²) in [4.78, 5) is 22.2. The Morgan fingerprint density at radius 2 is 1.95 bits per heavy atom. The molecule has 5 heteroatoms. The summed E-state index contributed by atoms with van der Waals surface area (Å²) in [6, 6.07) is 13.2. The monoisotopic (exact) mass is 270 g/mol. The molecule has 0 aliphatic carbocycles. The first kappa shape index (κ1) is 13.7. The largest absolute Gasteiger partial charge is 0.322 e. The third kappa shape index (κ3) is 3.20. The SMILES string of the molecule is CCc1cccc(NC(=O)c2cccc([N+](=O)[O-])c2)c1. The summed E-state index contributed by atoms with van der Waals surface area (Å²) in [5.41, 5.74) is 1.96. The van der Waals surface area contributed by atoms with Crippen molar-refractivity contribution in [3.8, 4) is 0 Å². The molecule has 0 aromatic heterocycles. The molecule has 20 heavy (non-hydrogen) atoms. The van der Waals surface area contributed by atoms with Crippen molar-refractivity contribution in [3.05, 3.63) is 69.8 Å². The minimum Gasteiger partial charge on any atom is -0.322 e. The van der Waals surface area contributed by atoms with Crippen molar-refractivity contribution in [1.82, 2.24) is 0 Å². The van der Waals surface area contributed by atoms with Gasteiger partial charge in [-0.1, -0.05) is 25.1 Å². The molecule has 2 aromatic rings. The molecule has 0 fully saturated rings. The number of nitrogens with zero attached hydrogens (tertiary/aromatic N) is 1. The molecule has 5 nitrogen and oxygen atoms in total. The molecule has 1 amide bonds. The molecular formula is C15H14N2O3. The fourth-order valence-corrected chi connectivity index (χ4v) is 1.83. The summed E-state index contributed by atoms with van der Waals surface area (Å²) in [6.07, 6.45) is 0.876. The van der Waals surface area contributed by atoms with Gasteiger partial charge >= 0.3 is 0 Å². The van der Waals surface area contributed by atoms with Crippen molar-refractivity contribution in [1.29, 1.82) is 0 Å². The zero-order valence-corrected chi connectivity index (χ0v) is 11.0. The molecule has 0 unspecified atom stereocenters. The normalized spacial score (nSPS) is 10.1. The van der Waals surface area contributed by atoms with Gasteiger partial charge in [-0.25, -0.2) is 0 Å². The van der Waals surface area contributed by atoms with E-state index in [9.17, 15) is 14.9 Å². The van der Waals surface area contributed by atoms with Gasteiger partial charge in [0, 0.05) is 23.4 Å². The predicted molar refractivity (Wildman–Crippen MR) is 76.9 cm³/mol. The van der Waals surface area contributed by atoms with Crippen molar-refractivity contribution in [2.45, 2.75) is 13.3 Å². The molecule has 0 bridgehead atoms. The number of rotatable bonds is 4. The van der Waals surface area contributed by atoms with E-state index >= 15 is 0 Å². The van der Waals surface area contributed by atoms with E-state index in [1.165, 1.54) is 18.2 Å². The Kier molecular flexibility index (Phi) is 4.10.